The van der Waals surface area contributed by atoms with Crippen LogP contribution in [0.2, 0.25) is 5.82 Å². The van der Waals surface area contributed by atoms with Crippen molar-refractivity contribution in [1.82, 2.24) is 4.90 Å². The molecule has 0 saturated heterocycles. The van der Waals surface area contributed by atoms with Gasteiger partial charge in [-0.15, -0.1) is 0 Å². The zero-order valence-corrected chi connectivity index (χ0v) is 9.96. The third kappa shape index (κ3) is 2.23. The molecule has 76 valence electrons. The molecule has 0 N–H and O–H groups in total. The molecule has 1 aliphatic heterocycles. The molecule has 1 aliphatic rings. The van der Waals surface area contributed by atoms with Gasteiger partial charge in [-0.1, -0.05) is 31.3 Å². The van der Waals surface area contributed by atoms with E-state index in [1.807, 2.05) is 0 Å². The normalized spacial score (nSPS) is 26.2. The van der Waals surface area contributed by atoms with Crippen LogP contribution in [0.15, 0.2) is 23.4 Å². The Balaban J connectivity index is 3.03. The zero-order valence-electron chi connectivity index (χ0n) is 9.96. The number of hydrogen-bond donors (Lipinski definition) is 0. The number of allylic oxidation sites excluding steroid dienone is 3. The molecule has 1 nitrogen and oxygen atoms in total. The highest BCUT2D eigenvalue weighted by molar-refractivity contribution is 6.13. The van der Waals surface area contributed by atoms with E-state index >= 15 is 0 Å². The van der Waals surface area contributed by atoms with Crippen molar-refractivity contribution in [2.75, 3.05) is 13.6 Å². The van der Waals surface area contributed by atoms with Gasteiger partial charge < -0.3 is 4.90 Å². The minimum absolute atomic E-state index is 0.141. The molecule has 14 heavy (non-hydrogen) atoms. The van der Waals surface area contributed by atoms with Crippen LogP contribution in [-0.2, 0) is 0 Å². The number of hydrogen-bond acceptors (Lipinski definition) is 1. The molecule has 0 spiro atoms. The summed E-state index contributed by atoms with van der Waals surface area (Å²) in [6, 6.07) is 0. The lowest BCUT2D eigenvalue weighted by Crippen LogP contribution is -2.31. The Morgan fingerprint density at radius 1 is 1.50 bits per heavy atom. The molecular weight excluding hydrogens is 169 g/mol. The SMILES string of the molecule is [B]C1C=CC(=C(C)C)N(C)CC1(C)C. The van der Waals surface area contributed by atoms with Crippen LogP contribution in [0.1, 0.15) is 27.7 Å². The first-order valence-corrected chi connectivity index (χ1v) is 5.17. The molecule has 0 fully saturated rings. The quantitative estimate of drug-likeness (QED) is 0.529. The lowest BCUT2D eigenvalue weighted by Gasteiger charge is -2.33. The summed E-state index contributed by atoms with van der Waals surface area (Å²) in [5, 5.41) is 0. The Morgan fingerprint density at radius 3 is 2.57 bits per heavy atom. The molecule has 1 rings (SSSR count). The van der Waals surface area contributed by atoms with Crippen molar-refractivity contribution >= 4 is 7.85 Å². The second-order valence-corrected chi connectivity index (χ2v) is 5.11. The van der Waals surface area contributed by atoms with E-state index in [-0.39, 0.29) is 11.2 Å². The monoisotopic (exact) mass is 189 g/mol. The van der Waals surface area contributed by atoms with E-state index < -0.39 is 0 Å². The van der Waals surface area contributed by atoms with Gasteiger partial charge in [0.1, 0.15) is 0 Å². The molecule has 2 heteroatoms. The van der Waals surface area contributed by atoms with Crippen molar-refractivity contribution in [1.29, 1.82) is 0 Å². The van der Waals surface area contributed by atoms with Gasteiger partial charge in [-0.3, -0.25) is 0 Å². The summed E-state index contributed by atoms with van der Waals surface area (Å²) in [4.78, 5) is 2.29. The summed E-state index contributed by atoms with van der Waals surface area (Å²) in [5.74, 6) is 0.141. The van der Waals surface area contributed by atoms with Crippen LogP contribution in [0.4, 0.5) is 0 Å². The predicted molar refractivity (Wildman–Crippen MR) is 63.4 cm³/mol. The van der Waals surface area contributed by atoms with Crippen molar-refractivity contribution in [3.63, 3.8) is 0 Å². The summed E-state index contributed by atoms with van der Waals surface area (Å²) in [7, 11) is 8.23. The van der Waals surface area contributed by atoms with E-state index in [2.05, 4.69) is 51.8 Å². The number of rotatable bonds is 0. The molecule has 0 aromatic rings. The Morgan fingerprint density at radius 2 is 2.07 bits per heavy atom. The van der Waals surface area contributed by atoms with Gasteiger partial charge in [-0.2, -0.15) is 0 Å². The van der Waals surface area contributed by atoms with Crippen molar-refractivity contribution in [2.24, 2.45) is 5.41 Å². The van der Waals surface area contributed by atoms with Gasteiger partial charge in [-0.25, -0.2) is 0 Å². The molecule has 0 aliphatic carbocycles. The third-order valence-electron chi connectivity index (χ3n) is 2.93. The van der Waals surface area contributed by atoms with Crippen molar-refractivity contribution < 1.29 is 0 Å². The lowest BCUT2D eigenvalue weighted by molar-refractivity contribution is 0.259. The maximum absolute atomic E-state index is 6.10. The largest absolute Gasteiger partial charge is 0.374 e. The number of nitrogens with zero attached hydrogens (tertiary/aromatic N) is 1. The summed E-state index contributed by atoms with van der Waals surface area (Å²) >= 11 is 0. The molecule has 0 bridgehead atoms. The lowest BCUT2D eigenvalue weighted by atomic mass is 9.67. The van der Waals surface area contributed by atoms with Crippen molar-refractivity contribution in [3.8, 4) is 0 Å². The first-order chi connectivity index (χ1) is 6.34. The van der Waals surface area contributed by atoms with E-state index in [4.69, 9.17) is 7.85 Å². The van der Waals surface area contributed by atoms with Crippen molar-refractivity contribution in [2.45, 2.75) is 33.5 Å². The highest BCUT2D eigenvalue weighted by atomic mass is 15.1. The summed E-state index contributed by atoms with van der Waals surface area (Å²) in [6.07, 6.45) is 4.26. The minimum Gasteiger partial charge on any atom is -0.374 e. The van der Waals surface area contributed by atoms with E-state index in [0.29, 0.717) is 0 Å². The summed E-state index contributed by atoms with van der Waals surface area (Å²) in [5.41, 5.74) is 2.78. The van der Waals surface area contributed by atoms with Crippen LogP contribution in [0.5, 0.6) is 0 Å². The molecule has 2 radical (unpaired) electrons. The van der Waals surface area contributed by atoms with Gasteiger partial charge >= 0.3 is 0 Å². The minimum atomic E-state index is 0.141. The van der Waals surface area contributed by atoms with Crippen LogP contribution in [0, 0.1) is 5.41 Å². The molecule has 1 unspecified atom stereocenters. The van der Waals surface area contributed by atoms with Crippen LogP contribution in [0.3, 0.4) is 0 Å². The maximum Gasteiger partial charge on any atom is 0.0763 e. The Kier molecular flexibility index (Phi) is 3.13. The van der Waals surface area contributed by atoms with Crippen molar-refractivity contribution in [3.05, 3.63) is 23.4 Å². The fourth-order valence-electron chi connectivity index (χ4n) is 1.93. The molecular formula is C12H20BN. The molecule has 0 saturated carbocycles. The number of likely N-dealkylation sites (N-methyl/N-ethyl adjacent to an activating group) is 1. The van der Waals surface area contributed by atoms with Crippen LogP contribution in [-0.4, -0.2) is 26.3 Å². The fourth-order valence-corrected chi connectivity index (χ4v) is 1.93. The molecule has 0 aromatic heterocycles. The van der Waals surface area contributed by atoms with E-state index in [1.54, 1.807) is 0 Å². The predicted octanol–water partition coefficient (Wildman–Crippen LogP) is 2.77. The molecule has 1 atom stereocenters. The second kappa shape index (κ2) is 3.84. The standard InChI is InChI=1S/C12H20BN/c1-9(2)10-6-7-11(13)12(3,4)8-14(10)5/h6-7,11H,8H2,1-5H3. The maximum atomic E-state index is 6.10. The summed E-state index contributed by atoms with van der Waals surface area (Å²) in [6.45, 7) is 9.71. The van der Waals surface area contributed by atoms with Gasteiger partial charge in [0.15, 0.2) is 0 Å². The van der Waals surface area contributed by atoms with Gasteiger partial charge in [0.2, 0.25) is 0 Å². The van der Waals surface area contributed by atoms with Crippen LogP contribution < -0.4 is 0 Å². The fraction of sp³-hybridized carbons (Fsp3) is 0.667. The Bertz CT molecular complexity index is 272. The molecule has 0 aromatic carbocycles. The first kappa shape index (κ1) is 11.4. The smallest absolute Gasteiger partial charge is 0.0763 e. The Labute approximate surface area is 89.3 Å². The highest BCUT2D eigenvalue weighted by Crippen LogP contribution is 2.35. The third-order valence-corrected chi connectivity index (χ3v) is 2.93. The van der Waals surface area contributed by atoms with E-state index in [9.17, 15) is 0 Å². The van der Waals surface area contributed by atoms with Crippen LogP contribution >= 0.6 is 0 Å². The average molecular weight is 189 g/mol. The van der Waals surface area contributed by atoms with E-state index in [1.165, 1.54) is 11.3 Å². The van der Waals surface area contributed by atoms with Gasteiger partial charge in [0.25, 0.3) is 0 Å². The molecule has 1 heterocycles. The highest BCUT2D eigenvalue weighted by Gasteiger charge is 2.27. The molecule has 0 amide bonds. The average Bonchev–Trinajstić information content (AvgIpc) is 2.10. The van der Waals surface area contributed by atoms with Gasteiger partial charge in [-0.05, 0) is 25.3 Å². The summed E-state index contributed by atoms with van der Waals surface area (Å²) < 4.78 is 0. The van der Waals surface area contributed by atoms with Gasteiger partial charge in [0.05, 0.1) is 7.85 Å². The Hall–Kier alpha value is -0.655. The zero-order chi connectivity index (χ0) is 10.9. The first-order valence-electron chi connectivity index (χ1n) is 5.17. The van der Waals surface area contributed by atoms with Gasteiger partial charge in [0, 0.05) is 19.3 Å². The van der Waals surface area contributed by atoms with E-state index in [0.717, 1.165) is 6.54 Å². The van der Waals surface area contributed by atoms with Crippen LogP contribution in [0.25, 0.3) is 0 Å². The topological polar surface area (TPSA) is 3.24 Å². The second-order valence-electron chi connectivity index (χ2n) is 5.11.